The van der Waals surface area contributed by atoms with E-state index in [1.165, 1.54) is 12.1 Å². The molecule has 0 atom stereocenters. The zero-order chi connectivity index (χ0) is 14.8. The van der Waals surface area contributed by atoms with Gasteiger partial charge in [0.25, 0.3) is 0 Å². The molecule has 0 fully saturated rings. The molecule has 2 aromatic carbocycles. The normalized spacial score (nSPS) is 10.8. The van der Waals surface area contributed by atoms with Crippen molar-refractivity contribution in [1.82, 2.24) is 10.1 Å². The molecule has 21 heavy (non-hydrogen) atoms. The first-order valence-electron chi connectivity index (χ1n) is 6.55. The van der Waals surface area contributed by atoms with Crippen LogP contribution in [0.15, 0.2) is 47.0 Å². The Morgan fingerprint density at radius 3 is 2.86 bits per heavy atom. The number of aromatic nitrogens is 2. The summed E-state index contributed by atoms with van der Waals surface area (Å²) in [6.07, 6.45) is 0.492. The second-order valence-electron chi connectivity index (χ2n) is 4.89. The van der Waals surface area contributed by atoms with E-state index in [0.29, 0.717) is 29.4 Å². The molecule has 0 aliphatic carbocycles. The predicted octanol–water partition coefficient (Wildman–Crippen LogP) is 3.36. The lowest BCUT2D eigenvalue weighted by Crippen LogP contribution is -1.92. The fourth-order valence-corrected chi connectivity index (χ4v) is 2.15. The van der Waals surface area contributed by atoms with E-state index in [4.69, 9.17) is 10.3 Å². The highest BCUT2D eigenvalue weighted by Crippen LogP contribution is 2.22. The minimum absolute atomic E-state index is 0.321. The van der Waals surface area contributed by atoms with E-state index < -0.39 is 0 Å². The molecule has 0 spiro atoms. The topological polar surface area (TPSA) is 64.9 Å². The first-order valence-corrected chi connectivity index (χ1v) is 6.55. The van der Waals surface area contributed by atoms with Crippen molar-refractivity contribution in [1.29, 1.82) is 0 Å². The minimum atomic E-state index is -0.321. The van der Waals surface area contributed by atoms with Crippen LogP contribution in [-0.4, -0.2) is 10.1 Å². The molecular weight excluding hydrogens is 269 g/mol. The lowest BCUT2D eigenvalue weighted by Gasteiger charge is -2.00. The van der Waals surface area contributed by atoms with Gasteiger partial charge in [-0.2, -0.15) is 4.98 Å². The van der Waals surface area contributed by atoms with E-state index in [0.717, 1.165) is 11.1 Å². The van der Waals surface area contributed by atoms with Crippen LogP contribution in [0.4, 0.5) is 10.1 Å². The number of rotatable bonds is 3. The van der Waals surface area contributed by atoms with Crippen LogP contribution in [0.25, 0.3) is 11.4 Å². The Morgan fingerprint density at radius 2 is 2.05 bits per heavy atom. The summed E-state index contributed by atoms with van der Waals surface area (Å²) in [5.41, 5.74) is 8.94. The van der Waals surface area contributed by atoms with Gasteiger partial charge in [0, 0.05) is 11.3 Å². The van der Waals surface area contributed by atoms with Gasteiger partial charge in [0.2, 0.25) is 11.7 Å². The highest BCUT2D eigenvalue weighted by atomic mass is 19.1. The molecule has 2 N–H and O–H groups in total. The molecular formula is C16H14FN3O. The van der Waals surface area contributed by atoms with Gasteiger partial charge in [0.05, 0.1) is 6.42 Å². The minimum Gasteiger partial charge on any atom is -0.399 e. The number of hydrogen-bond donors (Lipinski definition) is 1. The van der Waals surface area contributed by atoms with Crippen molar-refractivity contribution in [3.63, 3.8) is 0 Å². The third-order valence-corrected chi connectivity index (χ3v) is 3.21. The van der Waals surface area contributed by atoms with Crippen molar-refractivity contribution in [3.8, 4) is 11.4 Å². The summed E-state index contributed by atoms with van der Waals surface area (Å²) in [5.74, 6) is 0.544. The molecule has 0 saturated carbocycles. The second kappa shape index (κ2) is 5.36. The van der Waals surface area contributed by atoms with Gasteiger partial charge in [-0.3, -0.25) is 0 Å². The van der Waals surface area contributed by atoms with E-state index in [9.17, 15) is 4.39 Å². The SMILES string of the molecule is Cc1ccc(F)cc1-c1noc(Cc2cccc(N)c2)n1. The van der Waals surface area contributed by atoms with Gasteiger partial charge in [-0.05, 0) is 42.3 Å². The summed E-state index contributed by atoms with van der Waals surface area (Å²) >= 11 is 0. The van der Waals surface area contributed by atoms with Gasteiger partial charge in [-0.25, -0.2) is 4.39 Å². The van der Waals surface area contributed by atoms with Crippen LogP contribution < -0.4 is 5.73 Å². The largest absolute Gasteiger partial charge is 0.399 e. The average molecular weight is 283 g/mol. The molecule has 3 rings (SSSR count). The lowest BCUT2D eigenvalue weighted by molar-refractivity contribution is 0.385. The third-order valence-electron chi connectivity index (χ3n) is 3.21. The Kier molecular flexibility index (Phi) is 3.39. The van der Waals surface area contributed by atoms with Gasteiger partial charge >= 0.3 is 0 Å². The molecule has 0 aliphatic rings. The van der Waals surface area contributed by atoms with Crippen LogP contribution in [0.3, 0.4) is 0 Å². The number of nitrogen functional groups attached to an aromatic ring is 1. The number of aryl methyl sites for hydroxylation is 1. The Balaban J connectivity index is 1.88. The fourth-order valence-electron chi connectivity index (χ4n) is 2.15. The van der Waals surface area contributed by atoms with Crippen LogP contribution in [0.5, 0.6) is 0 Å². The Labute approximate surface area is 121 Å². The molecule has 0 amide bonds. The van der Waals surface area contributed by atoms with Crippen LogP contribution in [0.1, 0.15) is 17.0 Å². The van der Waals surface area contributed by atoms with Crippen LogP contribution in [0.2, 0.25) is 0 Å². The average Bonchev–Trinajstić information content (AvgIpc) is 2.90. The summed E-state index contributed by atoms with van der Waals surface area (Å²) < 4.78 is 18.6. The number of benzene rings is 2. The van der Waals surface area contributed by atoms with E-state index in [1.54, 1.807) is 6.07 Å². The number of nitrogens with two attached hydrogens (primary N) is 1. The van der Waals surface area contributed by atoms with Crippen molar-refractivity contribution in [2.75, 3.05) is 5.73 Å². The summed E-state index contributed by atoms with van der Waals surface area (Å²) in [5, 5.41) is 3.92. The lowest BCUT2D eigenvalue weighted by atomic mass is 10.1. The maximum atomic E-state index is 13.3. The molecule has 1 aromatic heterocycles. The maximum absolute atomic E-state index is 13.3. The van der Waals surface area contributed by atoms with Gasteiger partial charge in [-0.1, -0.05) is 23.4 Å². The molecule has 0 saturated heterocycles. The molecule has 106 valence electrons. The summed E-state index contributed by atoms with van der Waals surface area (Å²) in [6, 6.07) is 12.0. The van der Waals surface area contributed by atoms with Crippen molar-refractivity contribution < 1.29 is 8.91 Å². The molecule has 0 aliphatic heterocycles. The number of halogens is 1. The van der Waals surface area contributed by atoms with Gasteiger partial charge in [0.1, 0.15) is 5.82 Å². The molecule has 0 unspecified atom stereocenters. The van der Waals surface area contributed by atoms with Crippen molar-refractivity contribution in [2.45, 2.75) is 13.3 Å². The maximum Gasteiger partial charge on any atom is 0.231 e. The van der Waals surface area contributed by atoms with Gasteiger partial charge in [-0.15, -0.1) is 0 Å². The summed E-state index contributed by atoms with van der Waals surface area (Å²) in [6.45, 7) is 1.88. The molecule has 4 nitrogen and oxygen atoms in total. The highest BCUT2D eigenvalue weighted by Gasteiger charge is 2.12. The van der Waals surface area contributed by atoms with E-state index in [-0.39, 0.29) is 5.82 Å². The van der Waals surface area contributed by atoms with Crippen molar-refractivity contribution in [3.05, 3.63) is 65.3 Å². The Hall–Kier alpha value is -2.69. The van der Waals surface area contributed by atoms with Crippen LogP contribution in [-0.2, 0) is 6.42 Å². The van der Waals surface area contributed by atoms with E-state index in [1.807, 2.05) is 31.2 Å². The first kappa shape index (κ1) is 13.3. The first-order chi connectivity index (χ1) is 10.1. The van der Waals surface area contributed by atoms with E-state index in [2.05, 4.69) is 10.1 Å². The Morgan fingerprint density at radius 1 is 1.19 bits per heavy atom. The number of hydrogen-bond acceptors (Lipinski definition) is 4. The quantitative estimate of drug-likeness (QED) is 0.748. The summed E-state index contributed by atoms with van der Waals surface area (Å²) in [7, 11) is 0. The monoisotopic (exact) mass is 283 g/mol. The summed E-state index contributed by atoms with van der Waals surface area (Å²) in [4.78, 5) is 4.32. The van der Waals surface area contributed by atoms with E-state index >= 15 is 0 Å². The highest BCUT2D eigenvalue weighted by molar-refractivity contribution is 5.59. The predicted molar refractivity (Wildman–Crippen MR) is 78.1 cm³/mol. The van der Waals surface area contributed by atoms with Gasteiger partial charge < -0.3 is 10.3 Å². The zero-order valence-corrected chi connectivity index (χ0v) is 11.5. The zero-order valence-electron chi connectivity index (χ0n) is 11.5. The Bertz CT molecular complexity index is 783. The fraction of sp³-hybridized carbons (Fsp3) is 0.125. The standard InChI is InChI=1S/C16H14FN3O/c1-10-5-6-12(17)9-14(10)16-19-15(21-20-16)8-11-3-2-4-13(18)7-11/h2-7,9H,8,18H2,1H3. The second-order valence-corrected chi connectivity index (χ2v) is 4.89. The molecule has 0 radical (unpaired) electrons. The van der Waals surface area contributed by atoms with Crippen molar-refractivity contribution >= 4 is 5.69 Å². The van der Waals surface area contributed by atoms with Crippen LogP contribution in [0, 0.1) is 12.7 Å². The van der Waals surface area contributed by atoms with Crippen LogP contribution >= 0.6 is 0 Å². The number of anilines is 1. The molecule has 1 heterocycles. The molecule has 3 aromatic rings. The van der Waals surface area contributed by atoms with Crippen molar-refractivity contribution in [2.24, 2.45) is 0 Å². The third kappa shape index (κ3) is 2.91. The van der Waals surface area contributed by atoms with Gasteiger partial charge in [0.15, 0.2) is 0 Å². The molecule has 0 bridgehead atoms. The smallest absolute Gasteiger partial charge is 0.231 e. The molecule has 5 heteroatoms. The number of nitrogens with zero attached hydrogens (tertiary/aromatic N) is 2.